The van der Waals surface area contributed by atoms with E-state index in [1.54, 1.807) is 24.3 Å². The standard InChI is InChI=1S/C14H16N2O3/c1-14(6-7-18-10-14)16-13(17)9-19-12-4-2-11(8-15)3-5-12/h2-5H,6-7,9-10H2,1H3,(H,16,17). The molecule has 1 heterocycles. The Hall–Kier alpha value is -2.06. The molecular formula is C14H16N2O3. The Morgan fingerprint density at radius 2 is 2.26 bits per heavy atom. The number of amides is 1. The second kappa shape index (κ2) is 5.72. The molecule has 0 spiro atoms. The lowest BCUT2D eigenvalue weighted by Gasteiger charge is -2.23. The van der Waals surface area contributed by atoms with Crippen LogP contribution in [0.3, 0.4) is 0 Å². The van der Waals surface area contributed by atoms with Crippen LogP contribution in [-0.4, -0.2) is 31.3 Å². The summed E-state index contributed by atoms with van der Waals surface area (Å²) in [6.45, 7) is 3.13. The number of rotatable bonds is 4. The summed E-state index contributed by atoms with van der Waals surface area (Å²) in [6.07, 6.45) is 0.815. The third-order valence-electron chi connectivity index (χ3n) is 3.01. The van der Waals surface area contributed by atoms with Crippen molar-refractivity contribution >= 4 is 5.91 Å². The molecule has 1 fully saturated rings. The molecule has 1 aliphatic heterocycles. The van der Waals surface area contributed by atoms with Gasteiger partial charge in [0.15, 0.2) is 6.61 Å². The number of benzene rings is 1. The number of carbonyl (C=O) groups excluding carboxylic acids is 1. The van der Waals surface area contributed by atoms with Crippen LogP contribution in [0.4, 0.5) is 0 Å². The highest BCUT2D eigenvalue weighted by molar-refractivity contribution is 5.78. The maximum absolute atomic E-state index is 11.8. The van der Waals surface area contributed by atoms with Crippen molar-refractivity contribution in [2.45, 2.75) is 18.9 Å². The Morgan fingerprint density at radius 3 is 2.84 bits per heavy atom. The molecule has 1 atom stereocenters. The Balaban J connectivity index is 1.81. The average Bonchev–Trinajstić information content (AvgIpc) is 2.83. The van der Waals surface area contributed by atoms with E-state index in [-0.39, 0.29) is 18.1 Å². The Kier molecular flexibility index (Phi) is 4.03. The number of hydrogen-bond donors (Lipinski definition) is 1. The van der Waals surface area contributed by atoms with E-state index in [4.69, 9.17) is 14.7 Å². The molecule has 1 saturated heterocycles. The van der Waals surface area contributed by atoms with Crippen LogP contribution in [0.15, 0.2) is 24.3 Å². The predicted molar refractivity (Wildman–Crippen MR) is 68.6 cm³/mol. The zero-order valence-corrected chi connectivity index (χ0v) is 10.8. The van der Waals surface area contributed by atoms with Crippen LogP contribution in [-0.2, 0) is 9.53 Å². The summed E-state index contributed by atoms with van der Waals surface area (Å²) in [5.41, 5.74) is 0.276. The first-order chi connectivity index (χ1) is 9.11. The maximum Gasteiger partial charge on any atom is 0.258 e. The smallest absolute Gasteiger partial charge is 0.258 e. The first kappa shape index (κ1) is 13.4. The van der Waals surface area contributed by atoms with E-state index in [0.717, 1.165) is 6.42 Å². The van der Waals surface area contributed by atoms with Gasteiger partial charge in [-0.25, -0.2) is 0 Å². The first-order valence-electron chi connectivity index (χ1n) is 6.13. The molecule has 1 aromatic rings. The summed E-state index contributed by atoms with van der Waals surface area (Å²) in [6, 6.07) is 8.67. The van der Waals surface area contributed by atoms with Gasteiger partial charge in [-0.1, -0.05) is 0 Å². The summed E-state index contributed by atoms with van der Waals surface area (Å²) >= 11 is 0. The van der Waals surface area contributed by atoms with Crippen molar-refractivity contribution in [1.82, 2.24) is 5.32 Å². The molecule has 1 aromatic carbocycles. The molecule has 0 aliphatic carbocycles. The lowest BCUT2D eigenvalue weighted by atomic mass is 10.0. The molecule has 0 aromatic heterocycles. The number of carbonyl (C=O) groups is 1. The van der Waals surface area contributed by atoms with Crippen molar-refractivity contribution in [2.75, 3.05) is 19.8 Å². The van der Waals surface area contributed by atoms with Gasteiger partial charge in [-0.3, -0.25) is 4.79 Å². The van der Waals surface area contributed by atoms with E-state index in [0.29, 0.717) is 24.5 Å². The van der Waals surface area contributed by atoms with Gasteiger partial charge in [-0.05, 0) is 37.6 Å². The van der Waals surface area contributed by atoms with E-state index in [1.165, 1.54) is 0 Å². The summed E-state index contributed by atoms with van der Waals surface area (Å²) < 4.78 is 10.6. The Morgan fingerprint density at radius 1 is 1.53 bits per heavy atom. The SMILES string of the molecule is CC1(NC(=O)COc2ccc(C#N)cc2)CCOC1. The molecule has 1 aliphatic rings. The molecule has 5 heteroatoms. The summed E-state index contributed by atoms with van der Waals surface area (Å²) in [5, 5.41) is 11.6. The van der Waals surface area contributed by atoms with E-state index in [1.807, 2.05) is 13.0 Å². The molecular weight excluding hydrogens is 244 g/mol. The number of nitriles is 1. The molecule has 1 unspecified atom stereocenters. The molecule has 1 amide bonds. The highest BCUT2D eigenvalue weighted by Gasteiger charge is 2.31. The van der Waals surface area contributed by atoms with E-state index in [9.17, 15) is 4.79 Å². The van der Waals surface area contributed by atoms with Gasteiger partial charge < -0.3 is 14.8 Å². The highest BCUT2D eigenvalue weighted by atomic mass is 16.5. The van der Waals surface area contributed by atoms with Crippen LogP contribution in [0.25, 0.3) is 0 Å². The second-order valence-corrected chi connectivity index (χ2v) is 4.84. The minimum atomic E-state index is -0.287. The van der Waals surface area contributed by atoms with Gasteiger partial charge in [0.1, 0.15) is 5.75 Å². The third kappa shape index (κ3) is 3.70. The van der Waals surface area contributed by atoms with Gasteiger partial charge in [-0.2, -0.15) is 5.26 Å². The van der Waals surface area contributed by atoms with Gasteiger partial charge in [0.2, 0.25) is 0 Å². The Labute approximate surface area is 112 Å². The topological polar surface area (TPSA) is 71.3 Å². The van der Waals surface area contributed by atoms with Crippen LogP contribution in [0.2, 0.25) is 0 Å². The van der Waals surface area contributed by atoms with Gasteiger partial charge in [0, 0.05) is 6.61 Å². The molecule has 0 saturated carbocycles. The van der Waals surface area contributed by atoms with Crippen LogP contribution < -0.4 is 10.1 Å². The van der Waals surface area contributed by atoms with Crippen LogP contribution >= 0.6 is 0 Å². The summed E-state index contributed by atoms with van der Waals surface area (Å²) in [5.74, 6) is 0.402. The largest absolute Gasteiger partial charge is 0.484 e. The average molecular weight is 260 g/mol. The van der Waals surface area contributed by atoms with Crippen molar-refractivity contribution in [3.63, 3.8) is 0 Å². The quantitative estimate of drug-likeness (QED) is 0.884. The zero-order valence-electron chi connectivity index (χ0n) is 10.8. The van der Waals surface area contributed by atoms with Crippen molar-refractivity contribution < 1.29 is 14.3 Å². The number of nitrogens with zero attached hydrogens (tertiary/aromatic N) is 1. The number of hydrogen-bond acceptors (Lipinski definition) is 4. The zero-order chi connectivity index (χ0) is 13.7. The molecule has 5 nitrogen and oxygen atoms in total. The lowest BCUT2D eigenvalue weighted by molar-refractivity contribution is -0.124. The van der Waals surface area contributed by atoms with Crippen LogP contribution in [0.1, 0.15) is 18.9 Å². The van der Waals surface area contributed by atoms with Crippen LogP contribution in [0.5, 0.6) is 5.75 Å². The van der Waals surface area contributed by atoms with Crippen molar-refractivity contribution in [2.24, 2.45) is 0 Å². The fourth-order valence-corrected chi connectivity index (χ4v) is 1.91. The number of nitrogens with one attached hydrogen (secondary N) is 1. The Bertz CT molecular complexity index is 484. The van der Waals surface area contributed by atoms with E-state index >= 15 is 0 Å². The molecule has 19 heavy (non-hydrogen) atoms. The highest BCUT2D eigenvalue weighted by Crippen LogP contribution is 2.17. The molecule has 1 N–H and O–H groups in total. The normalized spacial score (nSPS) is 21.7. The monoisotopic (exact) mass is 260 g/mol. The summed E-state index contributed by atoms with van der Waals surface area (Å²) in [4.78, 5) is 11.8. The van der Waals surface area contributed by atoms with Gasteiger partial charge in [0.25, 0.3) is 5.91 Å². The van der Waals surface area contributed by atoms with Crippen molar-refractivity contribution in [3.8, 4) is 11.8 Å². The fraction of sp³-hybridized carbons (Fsp3) is 0.429. The minimum Gasteiger partial charge on any atom is -0.484 e. The predicted octanol–water partition coefficient (Wildman–Crippen LogP) is 1.23. The van der Waals surface area contributed by atoms with E-state index < -0.39 is 0 Å². The minimum absolute atomic E-state index is 0.0402. The maximum atomic E-state index is 11.8. The van der Waals surface area contributed by atoms with Gasteiger partial charge in [-0.15, -0.1) is 0 Å². The summed E-state index contributed by atoms with van der Waals surface area (Å²) in [7, 11) is 0. The fourth-order valence-electron chi connectivity index (χ4n) is 1.91. The van der Waals surface area contributed by atoms with Crippen LogP contribution in [0, 0.1) is 11.3 Å². The van der Waals surface area contributed by atoms with E-state index in [2.05, 4.69) is 5.32 Å². The molecule has 100 valence electrons. The molecule has 2 rings (SSSR count). The third-order valence-corrected chi connectivity index (χ3v) is 3.01. The number of ether oxygens (including phenoxy) is 2. The van der Waals surface area contributed by atoms with Crippen molar-refractivity contribution in [1.29, 1.82) is 5.26 Å². The lowest BCUT2D eigenvalue weighted by Crippen LogP contribution is -2.48. The molecule has 0 radical (unpaired) electrons. The van der Waals surface area contributed by atoms with Gasteiger partial charge >= 0.3 is 0 Å². The molecule has 0 bridgehead atoms. The second-order valence-electron chi connectivity index (χ2n) is 4.84. The van der Waals surface area contributed by atoms with Gasteiger partial charge in [0.05, 0.1) is 23.8 Å². The van der Waals surface area contributed by atoms with Crippen molar-refractivity contribution in [3.05, 3.63) is 29.8 Å². The first-order valence-corrected chi connectivity index (χ1v) is 6.13.